The summed E-state index contributed by atoms with van der Waals surface area (Å²) in [5.74, 6) is 0.452. The Labute approximate surface area is 96.0 Å². The lowest BCUT2D eigenvalue weighted by Gasteiger charge is -2.26. The van der Waals surface area contributed by atoms with E-state index in [1.807, 2.05) is 6.26 Å². The lowest BCUT2D eigenvalue weighted by atomic mass is 10.3. The summed E-state index contributed by atoms with van der Waals surface area (Å²) in [6.07, 6.45) is 2.88. The molecule has 1 aromatic rings. The minimum atomic E-state index is -0.632. The molecule has 7 heteroatoms. The number of halogens is 1. The Morgan fingerprint density at radius 3 is 3.19 bits per heavy atom. The third kappa shape index (κ3) is 1.95. The summed E-state index contributed by atoms with van der Waals surface area (Å²) in [5, 5.41) is 0.553. The summed E-state index contributed by atoms with van der Waals surface area (Å²) in [6.45, 7) is -0.532. The zero-order valence-corrected chi connectivity index (χ0v) is 9.46. The van der Waals surface area contributed by atoms with Crippen molar-refractivity contribution in [2.75, 3.05) is 24.4 Å². The first-order valence-corrected chi connectivity index (χ1v) is 5.89. The topological polar surface area (TPSA) is 55.3 Å². The van der Waals surface area contributed by atoms with Gasteiger partial charge in [0.1, 0.15) is 19.1 Å². The SMILES string of the molecule is CSc1ncc2c(n1)N(CCF)C(=O)OC2. The van der Waals surface area contributed by atoms with E-state index in [1.165, 1.54) is 16.7 Å². The van der Waals surface area contributed by atoms with Crippen molar-refractivity contribution in [3.05, 3.63) is 11.8 Å². The van der Waals surface area contributed by atoms with Gasteiger partial charge in [0.15, 0.2) is 5.16 Å². The maximum Gasteiger partial charge on any atom is 0.415 e. The number of thioether (sulfide) groups is 1. The minimum Gasteiger partial charge on any atom is -0.444 e. The van der Waals surface area contributed by atoms with Gasteiger partial charge in [-0.2, -0.15) is 0 Å². The quantitative estimate of drug-likeness (QED) is 0.596. The number of cyclic esters (lactones) is 1. The Hall–Kier alpha value is -1.37. The van der Waals surface area contributed by atoms with Crippen LogP contribution in [0.15, 0.2) is 11.4 Å². The molecule has 0 saturated carbocycles. The third-order valence-electron chi connectivity index (χ3n) is 2.14. The number of carbonyl (C=O) groups is 1. The number of ether oxygens (including phenoxy) is 1. The van der Waals surface area contributed by atoms with Crippen molar-refractivity contribution in [3.8, 4) is 0 Å². The monoisotopic (exact) mass is 243 g/mol. The third-order valence-corrected chi connectivity index (χ3v) is 2.70. The van der Waals surface area contributed by atoms with Gasteiger partial charge in [-0.05, 0) is 6.26 Å². The van der Waals surface area contributed by atoms with Crippen molar-refractivity contribution in [1.82, 2.24) is 9.97 Å². The van der Waals surface area contributed by atoms with Crippen LogP contribution in [0.25, 0.3) is 0 Å². The summed E-state index contributed by atoms with van der Waals surface area (Å²) in [4.78, 5) is 20.9. The highest BCUT2D eigenvalue weighted by Crippen LogP contribution is 2.25. The van der Waals surface area contributed by atoms with Crippen LogP contribution in [0.3, 0.4) is 0 Å². The Kier molecular flexibility index (Phi) is 3.23. The molecule has 2 rings (SSSR count). The lowest BCUT2D eigenvalue weighted by Crippen LogP contribution is -2.38. The molecule has 0 aliphatic carbocycles. The number of amides is 1. The average Bonchev–Trinajstić information content (AvgIpc) is 2.32. The first-order chi connectivity index (χ1) is 7.76. The van der Waals surface area contributed by atoms with E-state index in [4.69, 9.17) is 4.74 Å². The van der Waals surface area contributed by atoms with E-state index in [2.05, 4.69) is 9.97 Å². The van der Waals surface area contributed by atoms with Crippen molar-refractivity contribution < 1.29 is 13.9 Å². The number of anilines is 1. The molecule has 0 fully saturated rings. The van der Waals surface area contributed by atoms with Gasteiger partial charge in [-0.25, -0.2) is 19.2 Å². The van der Waals surface area contributed by atoms with E-state index in [9.17, 15) is 9.18 Å². The summed E-state index contributed by atoms with van der Waals surface area (Å²) in [6, 6.07) is 0. The van der Waals surface area contributed by atoms with E-state index in [0.717, 1.165) is 0 Å². The van der Waals surface area contributed by atoms with Crippen molar-refractivity contribution in [2.24, 2.45) is 0 Å². The van der Waals surface area contributed by atoms with Gasteiger partial charge in [-0.15, -0.1) is 0 Å². The van der Waals surface area contributed by atoms with Gasteiger partial charge < -0.3 is 4.74 Å². The number of carbonyl (C=O) groups excluding carboxylic acids is 1. The normalized spacial score (nSPS) is 14.6. The molecule has 1 aromatic heterocycles. The van der Waals surface area contributed by atoms with E-state index < -0.39 is 12.8 Å². The van der Waals surface area contributed by atoms with Gasteiger partial charge in [0.25, 0.3) is 0 Å². The molecule has 2 heterocycles. The van der Waals surface area contributed by atoms with E-state index in [1.54, 1.807) is 6.20 Å². The maximum absolute atomic E-state index is 12.3. The number of nitrogens with zero attached hydrogens (tertiary/aromatic N) is 3. The zero-order chi connectivity index (χ0) is 11.5. The molecule has 0 atom stereocenters. The van der Waals surface area contributed by atoms with Crippen LogP contribution in [0.1, 0.15) is 5.56 Å². The molecule has 86 valence electrons. The van der Waals surface area contributed by atoms with Gasteiger partial charge in [0, 0.05) is 6.20 Å². The van der Waals surface area contributed by atoms with E-state index in [-0.39, 0.29) is 13.2 Å². The van der Waals surface area contributed by atoms with Crippen LogP contribution in [-0.2, 0) is 11.3 Å². The summed E-state index contributed by atoms with van der Waals surface area (Å²) in [5.41, 5.74) is 0.700. The fourth-order valence-electron chi connectivity index (χ4n) is 1.40. The Morgan fingerprint density at radius 2 is 2.50 bits per heavy atom. The predicted molar refractivity (Wildman–Crippen MR) is 57.3 cm³/mol. The largest absolute Gasteiger partial charge is 0.444 e. The average molecular weight is 243 g/mol. The second-order valence-electron chi connectivity index (χ2n) is 3.10. The molecule has 1 amide bonds. The second kappa shape index (κ2) is 4.65. The molecule has 1 aliphatic heterocycles. The number of rotatable bonds is 3. The fourth-order valence-corrected chi connectivity index (χ4v) is 1.74. The Morgan fingerprint density at radius 1 is 1.69 bits per heavy atom. The van der Waals surface area contributed by atoms with Gasteiger partial charge in [0.2, 0.25) is 0 Å². The van der Waals surface area contributed by atoms with Crippen molar-refractivity contribution >= 4 is 23.7 Å². The van der Waals surface area contributed by atoms with Gasteiger partial charge in [-0.3, -0.25) is 4.90 Å². The number of alkyl halides is 1. The highest BCUT2D eigenvalue weighted by atomic mass is 32.2. The molecule has 1 aliphatic rings. The molecule has 0 radical (unpaired) electrons. The number of hydrogen-bond acceptors (Lipinski definition) is 5. The summed E-state index contributed by atoms with van der Waals surface area (Å²) in [7, 11) is 0. The van der Waals surface area contributed by atoms with Crippen molar-refractivity contribution in [2.45, 2.75) is 11.8 Å². The number of hydrogen-bond donors (Lipinski definition) is 0. The molecule has 0 N–H and O–H groups in total. The highest BCUT2D eigenvalue weighted by molar-refractivity contribution is 7.98. The molecule has 5 nitrogen and oxygen atoms in total. The van der Waals surface area contributed by atoms with Crippen LogP contribution in [0, 0.1) is 0 Å². The number of fused-ring (bicyclic) bond motifs is 1. The van der Waals surface area contributed by atoms with Gasteiger partial charge in [0.05, 0.1) is 12.1 Å². The molecular formula is C9H10FN3O2S. The standard InChI is InChI=1S/C9H10FN3O2S/c1-16-8-11-4-6-5-15-9(14)13(3-2-10)7(6)12-8/h4H,2-3,5H2,1H3. The van der Waals surface area contributed by atoms with Crippen molar-refractivity contribution in [1.29, 1.82) is 0 Å². The first-order valence-electron chi connectivity index (χ1n) is 4.66. The predicted octanol–water partition coefficient (Wildman–Crippen LogP) is 1.62. The zero-order valence-electron chi connectivity index (χ0n) is 8.64. The molecule has 0 saturated heterocycles. The molecule has 0 spiro atoms. The van der Waals surface area contributed by atoms with Crippen LogP contribution in [0.4, 0.5) is 15.0 Å². The van der Waals surface area contributed by atoms with E-state index >= 15 is 0 Å². The highest BCUT2D eigenvalue weighted by Gasteiger charge is 2.27. The van der Waals surface area contributed by atoms with Gasteiger partial charge in [-0.1, -0.05) is 11.8 Å². The van der Waals surface area contributed by atoms with Crippen LogP contribution in [0.2, 0.25) is 0 Å². The number of aromatic nitrogens is 2. The Balaban J connectivity index is 2.39. The summed E-state index contributed by atoms with van der Waals surface area (Å²) >= 11 is 1.37. The van der Waals surface area contributed by atoms with Crippen molar-refractivity contribution in [3.63, 3.8) is 0 Å². The molecule has 0 unspecified atom stereocenters. The van der Waals surface area contributed by atoms with Gasteiger partial charge >= 0.3 is 6.09 Å². The van der Waals surface area contributed by atoms with Crippen LogP contribution in [0.5, 0.6) is 0 Å². The molecule has 0 aromatic carbocycles. The smallest absolute Gasteiger partial charge is 0.415 e. The fraction of sp³-hybridized carbons (Fsp3) is 0.444. The molecule has 0 bridgehead atoms. The Bertz CT molecular complexity index is 416. The molecular weight excluding hydrogens is 233 g/mol. The van der Waals surface area contributed by atoms with E-state index in [0.29, 0.717) is 16.5 Å². The molecule has 16 heavy (non-hydrogen) atoms. The first kappa shape index (κ1) is 11.1. The van der Waals surface area contributed by atoms with Crippen LogP contribution < -0.4 is 4.90 Å². The lowest BCUT2D eigenvalue weighted by molar-refractivity contribution is 0.140. The minimum absolute atomic E-state index is 0.0450. The van der Waals surface area contributed by atoms with Crippen LogP contribution >= 0.6 is 11.8 Å². The maximum atomic E-state index is 12.3. The second-order valence-corrected chi connectivity index (χ2v) is 3.87. The van der Waals surface area contributed by atoms with Crippen LogP contribution in [-0.4, -0.2) is 35.5 Å². The summed E-state index contributed by atoms with van der Waals surface area (Å²) < 4.78 is 17.2.